The molecule has 0 spiro atoms. The number of rotatable bonds is 4. The van der Waals surface area contributed by atoms with E-state index in [9.17, 15) is 8.42 Å². The van der Waals surface area contributed by atoms with Gasteiger partial charge in [0.2, 0.25) is 0 Å². The van der Waals surface area contributed by atoms with E-state index in [4.69, 9.17) is 0 Å². The Balaban J connectivity index is 2.02. The summed E-state index contributed by atoms with van der Waals surface area (Å²) in [6.07, 6.45) is 1.91. The van der Waals surface area contributed by atoms with Gasteiger partial charge in [-0.15, -0.1) is 11.3 Å². The smallest absolute Gasteiger partial charge is 0.195 e. The molecule has 1 aromatic heterocycles. The Bertz CT molecular complexity index is 522. The highest BCUT2D eigenvalue weighted by atomic mass is 79.9. The molecule has 0 radical (unpaired) electrons. The molecule has 2 rings (SSSR count). The van der Waals surface area contributed by atoms with Crippen molar-refractivity contribution in [1.29, 1.82) is 0 Å². The van der Waals surface area contributed by atoms with E-state index in [1.54, 1.807) is 22.7 Å². The van der Waals surface area contributed by atoms with E-state index in [-0.39, 0.29) is 0 Å². The lowest BCUT2D eigenvalue weighted by molar-refractivity contribution is 0.269. The Morgan fingerprint density at radius 1 is 1.47 bits per heavy atom. The molecule has 0 saturated carbocycles. The van der Waals surface area contributed by atoms with Gasteiger partial charge in [-0.05, 0) is 51.7 Å². The monoisotopic (exact) mass is 366 g/mol. The van der Waals surface area contributed by atoms with Gasteiger partial charge in [0.1, 0.15) is 0 Å². The van der Waals surface area contributed by atoms with E-state index in [1.165, 1.54) is 4.31 Å². The van der Waals surface area contributed by atoms with Crippen molar-refractivity contribution in [3.63, 3.8) is 0 Å². The Hall–Kier alpha value is 0.0500. The molecule has 4 nitrogen and oxygen atoms in total. The summed E-state index contributed by atoms with van der Waals surface area (Å²) in [5.74, 6) is 0.629. The average molecular weight is 367 g/mol. The standard InChI is InChI=1S/C12H19BrN2O2S2/c1-10-3-5-15(6-4-10)19(16,17)14(2)8-11-7-12(13)18-9-11/h7,9-10H,3-6,8H2,1-2H3. The summed E-state index contributed by atoms with van der Waals surface area (Å²) in [4.78, 5) is 0. The summed E-state index contributed by atoms with van der Waals surface area (Å²) in [6, 6.07) is 1.97. The molecule has 2 heterocycles. The van der Waals surface area contributed by atoms with Crippen LogP contribution in [0.4, 0.5) is 0 Å². The van der Waals surface area contributed by atoms with Crippen molar-refractivity contribution in [2.75, 3.05) is 20.1 Å². The zero-order valence-corrected chi connectivity index (χ0v) is 14.4. The van der Waals surface area contributed by atoms with Crippen LogP contribution in [0.5, 0.6) is 0 Å². The third kappa shape index (κ3) is 3.78. The van der Waals surface area contributed by atoms with Crippen molar-refractivity contribution in [3.8, 4) is 0 Å². The summed E-state index contributed by atoms with van der Waals surface area (Å²) in [5.41, 5.74) is 1.02. The third-order valence-electron chi connectivity index (χ3n) is 3.49. The average Bonchev–Trinajstić information content (AvgIpc) is 2.75. The molecule has 7 heteroatoms. The van der Waals surface area contributed by atoms with Crippen LogP contribution in [-0.2, 0) is 16.8 Å². The summed E-state index contributed by atoms with van der Waals surface area (Å²) < 4.78 is 29.0. The molecular formula is C12H19BrN2O2S2. The minimum atomic E-state index is -3.32. The second kappa shape index (κ2) is 6.22. The number of hydrogen-bond donors (Lipinski definition) is 0. The van der Waals surface area contributed by atoms with Crippen LogP contribution in [0, 0.1) is 5.92 Å². The summed E-state index contributed by atoms with van der Waals surface area (Å²) in [5, 5.41) is 1.98. The molecule has 108 valence electrons. The fourth-order valence-electron chi connectivity index (χ4n) is 2.18. The molecule has 1 aromatic rings. The van der Waals surface area contributed by atoms with Gasteiger partial charge >= 0.3 is 0 Å². The Morgan fingerprint density at radius 2 is 2.11 bits per heavy atom. The molecule has 1 fully saturated rings. The normalized spacial score (nSPS) is 19.2. The van der Waals surface area contributed by atoms with Crippen molar-refractivity contribution < 1.29 is 8.42 Å². The molecule has 0 aliphatic carbocycles. The maximum absolute atomic E-state index is 12.4. The molecule has 1 aliphatic rings. The first-order valence-electron chi connectivity index (χ1n) is 6.34. The summed E-state index contributed by atoms with van der Waals surface area (Å²) in [6.45, 7) is 3.88. The SMILES string of the molecule is CC1CCN(S(=O)(=O)N(C)Cc2csc(Br)c2)CC1. The number of thiophene rings is 1. The largest absolute Gasteiger partial charge is 0.282 e. The highest BCUT2D eigenvalue weighted by Crippen LogP contribution is 2.24. The highest BCUT2D eigenvalue weighted by Gasteiger charge is 2.29. The summed E-state index contributed by atoms with van der Waals surface area (Å²) >= 11 is 4.97. The highest BCUT2D eigenvalue weighted by molar-refractivity contribution is 9.11. The predicted octanol–water partition coefficient (Wildman–Crippen LogP) is 2.92. The molecule has 0 N–H and O–H groups in total. The van der Waals surface area contributed by atoms with Crippen LogP contribution in [0.25, 0.3) is 0 Å². The number of nitrogens with zero attached hydrogens (tertiary/aromatic N) is 2. The molecule has 19 heavy (non-hydrogen) atoms. The first-order valence-corrected chi connectivity index (χ1v) is 9.41. The lowest BCUT2D eigenvalue weighted by Crippen LogP contribution is -2.45. The topological polar surface area (TPSA) is 40.6 Å². The zero-order chi connectivity index (χ0) is 14.0. The van der Waals surface area contributed by atoms with Gasteiger partial charge in [-0.3, -0.25) is 0 Å². The van der Waals surface area contributed by atoms with E-state index >= 15 is 0 Å². The molecule has 0 aromatic carbocycles. The minimum Gasteiger partial charge on any atom is -0.195 e. The van der Waals surface area contributed by atoms with Gasteiger partial charge < -0.3 is 0 Å². The molecule has 1 aliphatic heterocycles. The Labute approximate surface area is 127 Å². The molecular weight excluding hydrogens is 348 g/mol. The lowest BCUT2D eigenvalue weighted by atomic mass is 10.0. The van der Waals surface area contributed by atoms with Crippen molar-refractivity contribution in [3.05, 3.63) is 20.8 Å². The van der Waals surface area contributed by atoms with E-state index in [2.05, 4.69) is 22.9 Å². The van der Waals surface area contributed by atoms with Crippen LogP contribution in [-0.4, -0.2) is 37.2 Å². The van der Waals surface area contributed by atoms with Crippen LogP contribution in [0.15, 0.2) is 15.2 Å². The van der Waals surface area contributed by atoms with Crippen LogP contribution >= 0.6 is 27.3 Å². The van der Waals surface area contributed by atoms with Crippen molar-refractivity contribution >= 4 is 37.5 Å². The molecule has 0 atom stereocenters. The fourth-order valence-corrected chi connectivity index (χ4v) is 4.76. The molecule has 1 saturated heterocycles. The van der Waals surface area contributed by atoms with E-state index < -0.39 is 10.2 Å². The quantitative estimate of drug-likeness (QED) is 0.821. The maximum Gasteiger partial charge on any atom is 0.282 e. The molecule has 0 unspecified atom stereocenters. The summed E-state index contributed by atoms with van der Waals surface area (Å²) in [7, 11) is -1.67. The van der Waals surface area contributed by atoms with Gasteiger partial charge in [0.05, 0.1) is 3.79 Å². The van der Waals surface area contributed by atoms with E-state index in [0.29, 0.717) is 25.6 Å². The lowest BCUT2D eigenvalue weighted by Gasteiger charge is -2.32. The van der Waals surface area contributed by atoms with Gasteiger partial charge in [-0.2, -0.15) is 17.0 Å². The van der Waals surface area contributed by atoms with Crippen molar-refractivity contribution in [2.24, 2.45) is 5.92 Å². The van der Waals surface area contributed by atoms with Crippen LogP contribution in [0.2, 0.25) is 0 Å². The van der Waals surface area contributed by atoms with E-state index in [1.807, 2.05) is 11.4 Å². The van der Waals surface area contributed by atoms with Crippen molar-refractivity contribution in [2.45, 2.75) is 26.3 Å². The Morgan fingerprint density at radius 3 is 2.63 bits per heavy atom. The van der Waals surface area contributed by atoms with Gasteiger partial charge in [-0.1, -0.05) is 6.92 Å². The van der Waals surface area contributed by atoms with Crippen LogP contribution in [0.3, 0.4) is 0 Å². The Kier molecular flexibility index (Phi) is 5.05. The predicted molar refractivity (Wildman–Crippen MR) is 82.4 cm³/mol. The second-order valence-corrected chi connectivity index (χ2v) is 9.43. The number of halogens is 1. The van der Waals surface area contributed by atoms with Crippen LogP contribution in [0.1, 0.15) is 25.3 Å². The first-order chi connectivity index (χ1) is 8.89. The van der Waals surface area contributed by atoms with Crippen LogP contribution < -0.4 is 0 Å². The maximum atomic E-state index is 12.4. The number of piperidine rings is 1. The zero-order valence-electron chi connectivity index (χ0n) is 11.2. The van der Waals surface area contributed by atoms with Gasteiger partial charge in [0, 0.05) is 26.7 Å². The van der Waals surface area contributed by atoms with Gasteiger partial charge in [0.15, 0.2) is 0 Å². The third-order valence-corrected chi connectivity index (χ3v) is 6.98. The number of hydrogen-bond acceptors (Lipinski definition) is 3. The molecule has 0 bridgehead atoms. The first kappa shape index (κ1) is 15.4. The van der Waals surface area contributed by atoms with Gasteiger partial charge in [-0.25, -0.2) is 0 Å². The van der Waals surface area contributed by atoms with Gasteiger partial charge in [0.25, 0.3) is 10.2 Å². The molecule has 0 amide bonds. The fraction of sp³-hybridized carbons (Fsp3) is 0.667. The minimum absolute atomic E-state index is 0.427. The van der Waals surface area contributed by atoms with Crippen molar-refractivity contribution in [1.82, 2.24) is 8.61 Å². The van der Waals surface area contributed by atoms with E-state index in [0.717, 1.165) is 22.2 Å². The second-order valence-electron chi connectivity index (χ2n) is 5.10.